The highest BCUT2D eigenvalue weighted by Crippen LogP contribution is 2.36. The maximum atomic E-state index is 13.7. The SMILES string of the molecule is Cc1cccc(N2CCN(C(c3cc4cc5c(cc4[nH]c3=O)OCO5)c3nnnn3Cc3ccccc3)CC2)c1C. The van der Waals surface area contributed by atoms with Crippen LogP contribution in [0.3, 0.4) is 0 Å². The van der Waals surface area contributed by atoms with E-state index in [1.165, 1.54) is 16.8 Å². The number of rotatable bonds is 6. The zero-order valence-corrected chi connectivity index (χ0v) is 23.1. The van der Waals surface area contributed by atoms with Gasteiger partial charge in [0.2, 0.25) is 6.79 Å². The molecule has 7 rings (SSSR count). The van der Waals surface area contributed by atoms with Crippen molar-refractivity contribution >= 4 is 16.6 Å². The third-order valence-electron chi connectivity index (χ3n) is 8.24. The molecule has 1 saturated heterocycles. The standard InChI is InChI=1S/C31H31N7O3/c1-20-7-6-10-26(21(20)2)36-11-13-37(14-12-36)29(30-33-34-35-38(30)18-22-8-4-3-5-9-22)24-15-23-16-27-28(41-19-40-27)17-25(23)32-31(24)39/h3-10,15-17,29H,11-14,18-19H2,1-2H3,(H,32,39). The van der Waals surface area contributed by atoms with Crippen molar-refractivity contribution in [2.45, 2.75) is 26.4 Å². The van der Waals surface area contributed by atoms with Crippen LogP contribution in [-0.4, -0.2) is 63.1 Å². The van der Waals surface area contributed by atoms with Gasteiger partial charge in [0.15, 0.2) is 17.3 Å². The Kier molecular flexibility index (Phi) is 6.39. The van der Waals surface area contributed by atoms with Crippen molar-refractivity contribution in [1.29, 1.82) is 0 Å². The number of aromatic amines is 1. The number of aromatic nitrogens is 5. The molecular formula is C31H31N7O3. The number of piperazine rings is 1. The van der Waals surface area contributed by atoms with Crippen LogP contribution in [0.4, 0.5) is 5.69 Å². The first-order valence-electron chi connectivity index (χ1n) is 13.9. The largest absolute Gasteiger partial charge is 0.454 e. The molecule has 1 atom stereocenters. The van der Waals surface area contributed by atoms with Crippen molar-refractivity contribution in [3.05, 3.63) is 105 Å². The summed E-state index contributed by atoms with van der Waals surface area (Å²) < 4.78 is 12.9. The molecule has 10 nitrogen and oxygen atoms in total. The van der Waals surface area contributed by atoms with Crippen LogP contribution in [0.2, 0.25) is 0 Å². The number of ether oxygens (including phenoxy) is 2. The smallest absolute Gasteiger partial charge is 0.253 e. The Labute approximate surface area is 237 Å². The van der Waals surface area contributed by atoms with Gasteiger partial charge < -0.3 is 19.4 Å². The first-order chi connectivity index (χ1) is 20.0. The molecule has 0 bridgehead atoms. The molecule has 10 heteroatoms. The van der Waals surface area contributed by atoms with Crippen LogP contribution in [0.15, 0.2) is 71.5 Å². The lowest BCUT2D eigenvalue weighted by Crippen LogP contribution is -2.49. The molecule has 0 spiro atoms. The van der Waals surface area contributed by atoms with Gasteiger partial charge in [-0.05, 0) is 59.2 Å². The number of nitrogens with zero attached hydrogens (tertiary/aromatic N) is 6. The molecule has 0 aliphatic carbocycles. The second-order valence-corrected chi connectivity index (χ2v) is 10.7. The number of tetrazole rings is 1. The Bertz CT molecular complexity index is 1770. The number of H-pyrrole nitrogens is 1. The molecule has 0 saturated carbocycles. The molecule has 4 heterocycles. The van der Waals surface area contributed by atoms with E-state index < -0.39 is 6.04 Å². The fraction of sp³-hybridized carbons (Fsp3) is 0.290. The van der Waals surface area contributed by atoms with Crippen molar-refractivity contribution in [3.63, 3.8) is 0 Å². The predicted octanol–water partition coefficient (Wildman–Crippen LogP) is 3.82. The Morgan fingerprint density at radius 2 is 1.71 bits per heavy atom. The number of anilines is 1. The summed E-state index contributed by atoms with van der Waals surface area (Å²) in [5, 5.41) is 13.8. The average Bonchev–Trinajstić information content (AvgIpc) is 3.64. The van der Waals surface area contributed by atoms with Gasteiger partial charge in [-0.15, -0.1) is 5.10 Å². The van der Waals surface area contributed by atoms with Gasteiger partial charge in [0.05, 0.1) is 12.1 Å². The van der Waals surface area contributed by atoms with E-state index in [-0.39, 0.29) is 12.4 Å². The Balaban J connectivity index is 1.28. The topological polar surface area (TPSA) is 101 Å². The molecule has 2 aliphatic rings. The zero-order chi connectivity index (χ0) is 27.9. The van der Waals surface area contributed by atoms with Crippen LogP contribution in [0.1, 0.15) is 34.1 Å². The molecule has 2 aliphatic heterocycles. The lowest BCUT2D eigenvalue weighted by molar-refractivity contribution is 0.174. The second kappa shape index (κ2) is 10.4. The van der Waals surface area contributed by atoms with Gasteiger partial charge in [-0.25, -0.2) is 4.68 Å². The van der Waals surface area contributed by atoms with Crippen molar-refractivity contribution in [3.8, 4) is 11.5 Å². The number of fused-ring (bicyclic) bond motifs is 2. The maximum Gasteiger partial charge on any atom is 0.253 e. The average molecular weight is 550 g/mol. The minimum absolute atomic E-state index is 0.171. The Hall–Kier alpha value is -4.70. The molecule has 1 fully saturated rings. The van der Waals surface area contributed by atoms with Crippen molar-refractivity contribution in [2.24, 2.45) is 0 Å². The molecular weight excluding hydrogens is 518 g/mol. The molecule has 0 radical (unpaired) electrons. The highest BCUT2D eigenvalue weighted by molar-refractivity contribution is 5.83. The summed E-state index contributed by atoms with van der Waals surface area (Å²) in [6.07, 6.45) is 0. The van der Waals surface area contributed by atoms with Gasteiger partial charge in [-0.3, -0.25) is 9.69 Å². The summed E-state index contributed by atoms with van der Waals surface area (Å²) in [5.74, 6) is 1.94. The minimum Gasteiger partial charge on any atom is -0.454 e. The zero-order valence-electron chi connectivity index (χ0n) is 23.1. The normalized spacial score (nSPS) is 15.9. The summed E-state index contributed by atoms with van der Waals surface area (Å²) in [6.45, 7) is 8.14. The second-order valence-electron chi connectivity index (χ2n) is 10.7. The Morgan fingerprint density at radius 1 is 0.927 bits per heavy atom. The van der Waals surface area contributed by atoms with Gasteiger partial charge in [0.1, 0.15) is 6.04 Å². The number of nitrogens with one attached hydrogen (secondary N) is 1. The van der Waals surface area contributed by atoms with E-state index in [2.05, 4.69) is 74.5 Å². The number of pyridine rings is 1. The minimum atomic E-state index is -0.437. The fourth-order valence-electron chi connectivity index (χ4n) is 5.89. The van der Waals surface area contributed by atoms with E-state index in [1.54, 1.807) is 4.68 Å². The summed E-state index contributed by atoms with van der Waals surface area (Å²) in [5.41, 5.74) is 6.05. The third kappa shape index (κ3) is 4.70. The van der Waals surface area contributed by atoms with E-state index in [9.17, 15) is 4.79 Å². The summed E-state index contributed by atoms with van der Waals surface area (Å²) in [6, 6.07) is 21.8. The number of hydrogen-bond acceptors (Lipinski definition) is 8. The van der Waals surface area contributed by atoms with E-state index in [1.807, 2.05) is 36.4 Å². The van der Waals surface area contributed by atoms with Crippen LogP contribution in [0.5, 0.6) is 11.5 Å². The molecule has 41 heavy (non-hydrogen) atoms. The van der Waals surface area contributed by atoms with Gasteiger partial charge >= 0.3 is 0 Å². The summed E-state index contributed by atoms with van der Waals surface area (Å²) in [4.78, 5) is 21.5. The van der Waals surface area contributed by atoms with Crippen LogP contribution in [0.25, 0.3) is 10.9 Å². The molecule has 3 aromatic carbocycles. The van der Waals surface area contributed by atoms with Gasteiger partial charge in [-0.1, -0.05) is 42.5 Å². The number of hydrogen-bond donors (Lipinski definition) is 1. The fourth-order valence-corrected chi connectivity index (χ4v) is 5.89. The Morgan fingerprint density at radius 3 is 2.51 bits per heavy atom. The van der Waals surface area contributed by atoms with Gasteiger partial charge in [0, 0.05) is 48.9 Å². The highest BCUT2D eigenvalue weighted by Gasteiger charge is 2.33. The van der Waals surface area contributed by atoms with E-state index in [0.29, 0.717) is 34.9 Å². The van der Waals surface area contributed by atoms with Crippen LogP contribution in [-0.2, 0) is 6.54 Å². The highest BCUT2D eigenvalue weighted by atomic mass is 16.7. The third-order valence-corrected chi connectivity index (χ3v) is 8.24. The summed E-state index contributed by atoms with van der Waals surface area (Å²) >= 11 is 0. The van der Waals surface area contributed by atoms with Crippen molar-refractivity contribution in [1.82, 2.24) is 30.1 Å². The molecule has 208 valence electrons. The summed E-state index contributed by atoms with van der Waals surface area (Å²) in [7, 11) is 0. The van der Waals surface area contributed by atoms with Crippen LogP contribution < -0.4 is 19.9 Å². The predicted molar refractivity (Wildman–Crippen MR) is 156 cm³/mol. The lowest BCUT2D eigenvalue weighted by atomic mass is 10.0. The van der Waals surface area contributed by atoms with Crippen LogP contribution >= 0.6 is 0 Å². The molecule has 0 amide bonds. The van der Waals surface area contributed by atoms with Gasteiger partial charge in [-0.2, -0.15) is 0 Å². The number of benzene rings is 3. The van der Waals surface area contributed by atoms with Crippen molar-refractivity contribution in [2.75, 3.05) is 37.9 Å². The molecule has 2 aromatic heterocycles. The quantitative estimate of drug-likeness (QED) is 0.341. The van der Waals surface area contributed by atoms with E-state index >= 15 is 0 Å². The van der Waals surface area contributed by atoms with E-state index in [4.69, 9.17) is 9.47 Å². The number of aryl methyl sites for hydroxylation is 1. The molecule has 1 N–H and O–H groups in total. The van der Waals surface area contributed by atoms with Gasteiger partial charge in [0.25, 0.3) is 5.56 Å². The lowest BCUT2D eigenvalue weighted by Gasteiger charge is -2.40. The first-order valence-corrected chi connectivity index (χ1v) is 13.9. The van der Waals surface area contributed by atoms with Crippen LogP contribution in [0, 0.1) is 13.8 Å². The van der Waals surface area contributed by atoms with Crippen molar-refractivity contribution < 1.29 is 9.47 Å². The maximum absolute atomic E-state index is 13.7. The monoisotopic (exact) mass is 549 g/mol. The van der Waals surface area contributed by atoms with E-state index in [0.717, 1.165) is 37.1 Å². The molecule has 1 unspecified atom stereocenters. The molecule has 5 aromatic rings. The first kappa shape index (κ1) is 25.3.